The van der Waals surface area contributed by atoms with Gasteiger partial charge >= 0.3 is 5.97 Å². The Morgan fingerprint density at radius 1 is 1.35 bits per heavy atom. The molecule has 4 nitrogen and oxygen atoms in total. The predicted molar refractivity (Wildman–Crippen MR) is 61.0 cm³/mol. The van der Waals surface area contributed by atoms with Crippen LogP contribution >= 0.6 is 0 Å². The van der Waals surface area contributed by atoms with Crippen LogP contribution in [0.15, 0.2) is 54.0 Å². The summed E-state index contributed by atoms with van der Waals surface area (Å²) in [6.45, 7) is 0.0747. The van der Waals surface area contributed by atoms with E-state index in [1.54, 1.807) is 6.08 Å². The molecule has 0 saturated heterocycles. The van der Waals surface area contributed by atoms with Crippen molar-refractivity contribution >= 4 is 5.97 Å². The van der Waals surface area contributed by atoms with Gasteiger partial charge in [-0.2, -0.15) is 0 Å². The lowest BCUT2D eigenvalue weighted by Crippen LogP contribution is -2.05. The van der Waals surface area contributed by atoms with Crippen molar-refractivity contribution in [3.63, 3.8) is 0 Å². The van der Waals surface area contributed by atoms with Crippen molar-refractivity contribution in [2.24, 2.45) is 0 Å². The zero-order valence-corrected chi connectivity index (χ0v) is 9.13. The summed E-state index contributed by atoms with van der Waals surface area (Å²) in [6, 6.07) is 9.63. The van der Waals surface area contributed by atoms with Gasteiger partial charge in [0.25, 0.3) is 0 Å². The molecule has 0 atom stereocenters. The number of carbonyl (C=O) groups is 1. The number of hydrogen-bond donors (Lipinski definition) is 1. The van der Waals surface area contributed by atoms with Gasteiger partial charge in [0.2, 0.25) is 6.79 Å². The van der Waals surface area contributed by atoms with E-state index in [1.807, 2.05) is 30.3 Å². The van der Waals surface area contributed by atoms with Gasteiger partial charge in [-0.05, 0) is 12.0 Å². The van der Waals surface area contributed by atoms with Crippen molar-refractivity contribution in [3.8, 4) is 0 Å². The largest absolute Gasteiger partial charge is 0.478 e. The Hall–Kier alpha value is -2.23. The smallest absolute Gasteiger partial charge is 0.339 e. The summed E-state index contributed by atoms with van der Waals surface area (Å²) >= 11 is 0. The zero-order valence-electron chi connectivity index (χ0n) is 9.13. The lowest BCUT2D eigenvalue weighted by atomic mass is 10.1. The van der Waals surface area contributed by atoms with Gasteiger partial charge in [-0.25, -0.2) is 4.79 Å². The van der Waals surface area contributed by atoms with Crippen LogP contribution in [-0.4, -0.2) is 17.9 Å². The third-order valence-electron chi connectivity index (χ3n) is 2.35. The van der Waals surface area contributed by atoms with Crippen molar-refractivity contribution in [3.05, 3.63) is 59.6 Å². The number of ether oxygens (including phenoxy) is 2. The first-order valence-corrected chi connectivity index (χ1v) is 5.19. The lowest BCUT2D eigenvalue weighted by molar-refractivity contribution is -0.132. The molecule has 0 spiro atoms. The molecule has 0 unspecified atom stereocenters. The van der Waals surface area contributed by atoms with E-state index in [0.717, 1.165) is 5.56 Å². The topological polar surface area (TPSA) is 55.8 Å². The van der Waals surface area contributed by atoms with E-state index in [0.29, 0.717) is 6.42 Å². The summed E-state index contributed by atoms with van der Waals surface area (Å²) in [7, 11) is 0. The molecule has 1 aliphatic rings. The molecule has 17 heavy (non-hydrogen) atoms. The number of rotatable bonds is 4. The second-order valence-corrected chi connectivity index (χ2v) is 3.52. The summed E-state index contributed by atoms with van der Waals surface area (Å²) in [6.07, 6.45) is 3.49. The van der Waals surface area contributed by atoms with Crippen LogP contribution in [0.25, 0.3) is 0 Å². The fraction of sp³-hybridized carbons (Fsp3) is 0.154. The highest BCUT2D eigenvalue weighted by Crippen LogP contribution is 2.18. The van der Waals surface area contributed by atoms with Crippen molar-refractivity contribution in [2.45, 2.75) is 6.42 Å². The van der Waals surface area contributed by atoms with Crippen LogP contribution in [0.1, 0.15) is 5.56 Å². The van der Waals surface area contributed by atoms with Crippen LogP contribution in [-0.2, 0) is 20.7 Å². The minimum Gasteiger partial charge on any atom is -0.478 e. The molecule has 0 radical (unpaired) electrons. The highest BCUT2D eigenvalue weighted by molar-refractivity contribution is 5.91. The van der Waals surface area contributed by atoms with Gasteiger partial charge < -0.3 is 14.6 Å². The first-order valence-electron chi connectivity index (χ1n) is 5.19. The van der Waals surface area contributed by atoms with Crippen molar-refractivity contribution in [1.29, 1.82) is 0 Å². The monoisotopic (exact) mass is 232 g/mol. The molecule has 0 amide bonds. The van der Waals surface area contributed by atoms with Crippen LogP contribution < -0.4 is 0 Å². The minimum absolute atomic E-state index is 0.0747. The number of allylic oxidation sites excluding steroid dienone is 1. The molecule has 2 rings (SSSR count). The summed E-state index contributed by atoms with van der Waals surface area (Å²) in [5.74, 6) is -0.744. The molecule has 0 fully saturated rings. The van der Waals surface area contributed by atoms with E-state index < -0.39 is 5.97 Å². The van der Waals surface area contributed by atoms with Crippen LogP contribution in [0.2, 0.25) is 0 Å². The Bertz CT molecular complexity index is 460. The van der Waals surface area contributed by atoms with Gasteiger partial charge in [0.15, 0.2) is 5.76 Å². The third kappa shape index (κ3) is 2.87. The van der Waals surface area contributed by atoms with Gasteiger partial charge in [0, 0.05) is 0 Å². The molecule has 1 N–H and O–H groups in total. The maximum absolute atomic E-state index is 11.1. The molecular formula is C13H12O4. The third-order valence-corrected chi connectivity index (χ3v) is 2.35. The normalized spacial score (nSPS) is 14.8. The summed E-state index contributed by atoms with van der Waals surface area (Å²) in [5, 5.41) is 9.07. The molecule has 1 heterocycles. The minimum atomic E-state index is -1.02. The number of aliphatic carboxylic acids is 1. The van der Waals surface area contributed by atoms with E-state index in [-0.39, 0.29) is 18.1 Å². The van der Waals surface area contributed by atoms with Crippen LogP contribution in [0.4, 0.5) is 0 Å². The van der Waals surface area contributed by atoms with Gasteiger partial charge in [-0.3, -0.25) is 0 Å². The Kier molecular flexibility index (Phi) is 3.45. The van der Waals surface area contributed by atoms with Crippen molar-refractivity contribution < 1.29 is 19.4 Å². The SMILES string of the molecule is O=C(O)C(=CCc1ccccc1)C1=COCO1. The van der Waals surface area contributed by atoms with Crippen molar-refractivity contribution in [1.82, 2.24) is 0 Å². The average molecular weight is 232 g/mol. The Morgan fingerprint density at radius 2 is 2.12 bits per heavy atom. The maximum Gasteiger partial charge on any atom is 0.339 e. The molecular weight excluding hydrogens is 220 g/mol. The van der Waals surface area contributed by atoms with E-state index in [1.165, 1.54) is 6.26 Å². The maximum atomic E-state index is 11.1. The Labute approximate surface area is 98.8 Å². The van der Waals surface area contributed by atoms with E-state index in [4.69, 9.17) is 14.6 Å². The molecule has 0 bridgehead atoms. The first-order chi connectivity index (χ1) is 8.27. The molecule has 0 aliphatic carbocycles. The fourth-order valence-electron chi connectivity index (χ4n) is 1.51. The number of carboxylic acid groups (broad SMARTS) is 1. The molecule has 1 aliphatic heterocycles. The average Bonchev–Trinajstić information content (AvgIpc) is 2.84. The van der Waals surface area contributed by atoms with Gasteiger partial charge in [0.1, 0.15) is 11.8 Å². The molecule has 4 heteroatoms. The second kappa shape index (κ2) is 5.21. The number of benzene rings is 1. The zero-order chi connectivity index (χ0) is 12.1. The molecule has 0 saturated carbocycles. The number of hydrogen-bond acceptors (Lipinski definition) is 3. The van der Waals surface area contributed by atoms with E-state index >= 15 is 0 Å². The Balaban J connectivity index is 2.14. The molecule has 1 aromatic carbocycles. The standard InChI is InChI=1S/C13H12O4/c14-13(15)11(12-8-16-9-17-12)7-6-10-4-2-1-3-5-10/h1-5,7-8H,6,9H2,(H,14,15). The second-order valence-electron chi connectivity index (χ2n) is 3.52. The van der Waals surface area contributed by atoms with Gasteiger partial charge in [0.05, 0.1) is 0 Å². The van der Waals surface area contributed by atoms with Crippen LogP contribution in [0.3, 0.4) is 0 Å². The highest BCUT2D eigenvalue weighted by atomic mass is 16.7. The van der Waals surface area contributed by atoms with Crippen molar-refractivity contribution in [2.75, 3.05) is 6.79 Å². The van der Waals surface area contributed by atoms with Gasteiger partial charge in [-0.15, -0.1) is 0 Å². The van der Waals surface area contributed by atoms with Crippen LogP contribution in [0, 0.1) is 0 Å². The molecule has 0 aromatic heterocycles. The lowest BCUT2D eigenvalue weighted by Gasteiger charge is -2.02. The van der Waals surface area contributed by atoms with E-state index in [9.17, 15) is 4.79 Å². The van der Waals surface area contributed by atoms with Crippen LogP contribution in [0.5, 0.6) is 0 Å². The summed E-state index contributed by atoms with van der Waals surface area (Å²) in [4.78, 5) is 11.1. The quantitative estimate of drug-likeness (QED) is 0.807. The van der Waals surface area contributed by atoms with E-state index in [2.05, 4.69) is 0 Å². The van der Waals surface area contributed by atoms with Gasteiger partial charge in [-0.1, -0.05) is 36.4 Å². The predicted octanol–water partition coefficient (Wildman–Crippen LogP) is 2.09. The molecule has 88 valence electrons. The number of carboxylic acids is 1. The fourth-order valence-corrected chi connectivity index (χ4v) is 1.51. The highest BCUT2D eigenvalue weighted by Gasteiger charge is 2.18. The Morgan fingerprint density at radius 3 is 2.71 bits per heavy atom. The summed E-state index contributed by atoms with van der Waals surface area (Å²) < 4.78 is 9.91. The summed E-state index contributed by atoms with van der Waals surface area (Å²) in [5.41, 5.74) is 1.18. The molecule has 1 aromatic rings. The first kappa shape index (κ1) is 11.3.